The maximum Gasteiger partial charge on any atom is 0.319 e. The molecule has 1 aromatic heterocycles. The molecule has 3 aromatic rings. The average molecular weight is 575 g/mol. The summed E-state index contributed by atoms with van der Waals surface area (Å²) in [4.78, 5) is 42.9. The Morgan fingerprint density at radius 1 is 1.17 bits per heavy atom. The van der Waals surface area contributed by atoms with Gasteiger partial charge in [-0.1, -0.05) is 30.3 Å². The van der Waals surface area contributed by atoms with Gasteiger partial charge in [-0.05, 0) is 58.5 Å². The molecule has 1 unspecified atom stereocenters. The number of nitrogens with zero attached hydrogens (tertiary/aromatic N) is 5. The summed E-state index contributed by atoms with van der Waals surface area (Å²) in [5.74, 6) is 0.536. The van der Waals surface area contributed by atoms with E-state index in [1.807, 2.05) is 63.2 Å². The van der Waals surface area contributed by atoms with Crippen LogP contribution in [0.4, 0.5) is 16.3 Å². The number of H-pyrrole nitrogens is 1. The summed E-state index contributed by atoms with van der Waals surface area (Å²) in [6.07, 6.45) is 1.68. The van der Waals surface area contributed by atoms with Gasteiger partial charge in [0.15, 0.2) is 5.82 Å². The molecule has 3 amide bonds. The number of nitro groups is 1. The molecule has 0 spiro atoms. The van der Waals surface area contributed by atoms with Crippen LogP contribution in [-0.4, -0.2) is 81.5 Å². The number of benzene rings is 2. The number of fused-ring (bicyclic) bond motifs is 1. The van der Waals surface area contributed by atoms with Crippen LogP contribution in [0.15, 0.2) is 54.6 Å². The molecule has 1 saturated heterocycles. The number of non-ortho nitro benzene ring substituents is 1. The predicted octanol–water partition coefficient (Wildman–Crippen LogP) is 4.10. The Balaban J connectivity index is 1.26. The van der Waals surface area contributed by atoms with Gasteiger partial charge < -0.3 is 25.3 Å². The van der Waals surface area contributed by atoms with E-state index in [0.29, 0.717) is 37.6 Å². The number of carbonyl (C=O) groups excluding carboxylic acids is 2. The molecule has 42 heavy (non-hydrogen) atoms. The fourth-order valence-corrected chi connectivity index (χ4v) is 5.85. The van der Waals surface area contributed by atoms with Crippen LogP contribution in [0.25, 0.3) is 0 Å². The summed E-state index contributed by atoms with van der Waals surface area (Å²) >= 11 is 0. The normalized spacial score (nSPS) is 18.5. The van der Waals surface area contributed by atoms with Gasteiger partial charge in [0.05, 0.1) is 28.7 Å². The number of amides is 3. The van der Waals surface area contributed by atoms with E-state index in [1.54, 1.807) is 4.90 Å². The van der Waals surface area contributed by atoms with Gasteiger partial charge in [0.1, 0.15) is 0 Å². The summed E-state index contributed by atoms with van der Waals surface area (Å²) in [7, 11) is 3.98. The van der Waals surface area contributed by atoms with Crippen LogP contribution in [-0.2, 0) is 12.1 Å². The molecule has 3 heterocycles. The smallest absolute Gasteiger partial charge is 0.319 e. The van der Waals surface area contributed by atoms with E-state index in [4.69, 9.17) is 0 Å². The molecule has 0 radical (unpaired) electrons. The largest absolute Gasteiger partial charge is 0.364 e. The van der Waals surface area contributed by atoms with Crippen LogP contribution in [0.1, 0.15) is 59.9 Å². The van der Waals surface area contributed by atoms with Crippen molar-refractivity contribution in [2.75, 3.05) is 39.0 Å². The third kappa shape index (κ3) is 5.94. The molecule has 0 bridgehead atoms. The zero-order chi connectivity index (χ0) is 30.0. The fourth-order valence-electron chi connectivity index (χ4n) is 5.85. The Hall–Kier alpha value is -4.45. The highest BCUT2D eigenvalue weighted by Crippen LogP contribution is 2.41. The van der Waals surface area contributed by atoms with Crippen molar-refractivity contribution in [1.29, 1.82) is 0 Å². The van der Waals surface area contributed by atoms with Crippen molar-refractivity contribution in [3.63, 3.8) is 0 Å². The van der Waals surface area contributed by atoms with Gasteiger partial charge in [-0.25, -0.2) is 4.79 Å². The lowest BCUT2D eigenvalue weighted by atomic mass is 10.0. The quantitative estimate of drug-likeness (QED) is 0.272. The molecule has 2 aliphatic heterocycles. The first kappa shape index (κ1) is 29.1. The lowest BCUT2D eigenvalue weighted by molar-refractivity contribution is -0.384. The highest BCUT2D eigenvalue weighted by molar-refractivity contribution is 5.94. The second-order valence-corrected chi connectivity index (χ2v) is 11.8. The van der Waals surface area contributed by atoms with Gasteiger partial charge in [-0.3, -0.25) is 20.0 Å². The number of rotatable bonds is 8. The van der Waals surface area contributed by atoms with Gasteiger partial charge in [0.2, 0.25) is 0 Å². The highest BCUT2D eigenvalue weighted by atomic mass is 16.6. The third-order valence-corrected chi connectivity index (χ3v) is 8.14. The molecule has 0 saturated carbocycles. The van der Waals surface area contributed by atoms with Crippen LogP contribution in [0, 0.1) is 10.1 Å². The minimum atomic E-state index is -0.601. The van der Waals surface area contributed by atoms with Gasteiger partial charge in [0, 0.05) is 48.9 Å². The number of aromatic nitrogens is 2. The van der Waals surface area contributed by atoms with Crippen molar-refractivity contribution >= 4 is 23.4 Å². The van der Waals surface area contributed by atoms with Crippen LogP contribution in [0.5, 0.6) is 0 Å². The molecular weight excluding hydrogens is 536 g/mol. The lowest BCUT2D eigenvalue weighted by Crippen LogP contribution is -2.48. The zero-order valence-electron chi connectivity index (χ0n) is 24.5. The standard InChI is InChI=1S/C30H38N8O4/c1-30(2)26-24(18-37(30)29(40)32-25(19-35(3)4)20-9-6-5-7-10-20)27(34-33-26)31-22-11-8-16-36(17-22)28(39)21-12-14-23(15-13-21)38(41)42/h5-7,9-10,12-15,22,25H,8,11,16-19H2,1-4H3,(H,32,40)(H2,31,33,34)/t22?,25-/m1/s1. The molecule has 0 aliphatic carbocycles. The molecule has 1 fully saturated rings. The summed E-state index contributed by atoms with van der Waals surface area (Å²) < 4.78 is 0. The Labute approximate surface area is 245 Å². The number of likely N-dealkylation sites (N-methyl/N-ethyl adjacent to an activating group) is 1. The van der Waals surface area contributed by atoms with E-state index in [1.165, 1.54) is 24.3 Å². The Bertz CT molecular complexity index is 1440. The molecule has 3 N–H and O–H groups in total. The molecule has 12 nitrogen and oxygen atoms in total. The summed E-state index contributed by atoms with van der Waals surface area (Å²) in [6, 6.07) is 15.3. The Morgan fingerprint density at radius 2 is 1.88 bits per heavy atom. The van der Waals surface area contributed by atoms with Crippen molar-refractivity contribution in [3.8, 4) is 0 Å². The first-order valence-corrected chi connectivity index (χ1v) is 14.2. The van der Waals surface area contributed by atoms with Crippen molar-refractivity contribution in [1.82, 2.24) is 30.2 Å². The molecule has 2 aromatic carbocycles. The van der Waals surface area contributed by atoms with Crippen molar-refractivity contribution in [2.45, 2.75) is 50.9 Å². The lowest BCUT2D eigenvalue weighted by Gasteiger charge is -2.34. The number of carbonyl (C=O) groups is 2. The molecule has 2 atom stereocenters. The number of nitro benzene ring substituents is 1. The Morgan fingerprint density at radius 3 is 2.55 bits per heavy atom. The number of urea groups is 1. The van der Waals surface area contributed by atoms with E-state index in [0.717, 1.165) is 29.7 Å². The van der Waals surface area contributed by atoms with Gasteiger partial charge in [0.25, 0.3) is 11.6 Å². The van der Waals surface area contributed by atoms with Gasteiger partial charge in [-0.15, -0.1) is 0 Å². The van der Waals surface area contributed by atoms with Gasteiger partial charge >= 0.3 is 6.03 Å². The van der Waals surface area contributed by atoms with E-state index >= 15 is 0 Å². The van der Waals surface area contributed by atoms with E-state index in [-0.39, 0.29) is 29.7 Å². The SMILES string of the molecule is CN(C)C[C@@H](NC(=O)N1Cc2c(NC3CCCN(C(=O)c4ccc([N+](=O)[O-])cc4)C3)n[nH]c2C1(C)C)c1ccccc1. The molecule has 222 valence electrons. The summed E-state index contributed by atoms with van der Waals surface area (Å²) in [5.41, 5.74) is 2.65. The van der Waals surface area contributed by atoms with Crippen molar-refractivity contribution in [3.05, 3.63) is 87.1 Å². The maximum absolute atomic E-state index is 13.7. The van der Waals surface area contributed by atoms with Gasteiger partial charge in [-0.2, -0.15) is 5.10 Å². The van der Waals surface area contributed by atoms with Crippen molar-refractivity contribution < 1.29 is 14.5 Å². The molecule has 5 rings (SSSR count). The first-order chi connectivity index (χ1) is 20.0. The number of hydrogen-bond acceptors (Lipinski definition) is 7. The number of aromatic amines is 1. The molecule has 2 aliphatic rings. The van der Waals surface area contributed by atoms with Crippen molar-refractivity contribution in [2.24, 2.45) is 0 Å². The number of hydrogen-bond donors (Lipinski definition) is 3. The number of nitrogens with one attached hydrogen (secondary N) is 3. The number of piperidine rings is 1. The van der Waals surface area contributed by atoms with E-state index < -0.39 is 10.5 Å². The zero-order valence-corrected chi connectivity index (χ0v) is 24.5. The van der Waals surface area contributed by atoms with E-state index in [9.17, 15) is 19.7 Å². The second kappa shape index (κ2) is 11.8. The highest BCUT2D eigenvalue weighted by Gasteiger charge is 2.44. The van der Waals surface area contributed by atoms with Crippen LogP contribution < -0.4 is 10.6 Å². The number of likely N-dealkylation sites (tertiary alicyclic amines) is 1. The molecular formula is C30H38N8O4. The average Bonchev–Trinajstić information content (AvgIpc) is 3.50. The minimum absolute atomic E-state index is 0.0262. The molecule has 12 heteroatoms. The fraction of sp³-hybridized carbons (Fsp3) is 0.433. The monoisotopic (exact) mass is 574 g/mol. The van der Waals surface area contributed by atoms with E-state index in [2.05, 4.69) is 25.7 Å². The topological polar surface area (TPSA) is 140 Å². The summed E-state index contributed by atoms with van der Waals surface area (Å²) in [6.45, 7) is 6.18. The number of anilines is 1. The van der Waals surface area contributed by atoms with Crippen LogP contribution in [0.3, 0.4) is 0 Å². The summed E-state index contributed by atoms with van der Waals surface area (Å²) in [5, 5.41) is 25.4. The maximum atomic E-state index is 13.7. The second-order valence-electron chi connectivity index (χ2n) is 11.8. The predicted molar refractivity (Wildman–Crippen MR) is 159 cm³/mol. The Kier molecular flexibility index (Phi) is 8.17. The van der Waals surface area contributed by atoms with Crippen LogP contribution in [0.2, 0.25) is 0 Å². The van der Waals surface area contributed by atoms with Crippen LogP contribution >= 0.6 is 0 Å². The first-order valence-electron chi connectivity index (χ1n) is 14.2. The third-order valence-electron chi connectivity index (χ3n) is 8.14. The minimum Gasteiger partial charge on any atom is -0.364 e.